The van der Waals surface area contributed by atoms with E-state index in [4.69, 9.17) is 0 Å². The molecular formula is C15H14BrN3O4. The molecule has 1 amide bonds. The number of hydrogen-bond donors (Lipinski definition) is 1. The largest absolute Gasteiger partial charge is 0.348 e. The molecule has 1 heterocycles. The molecule has 0 saturated heterocycles. The number of nitrogens with one attached hydrogen (secondary N) is 1. The summed E-state index contributed by atoms with van der Waals surface area (Å²) in [5, 5.41) is 13.5. The van der Waals surface area contributed by atoms with Gasteiger partial charge in [0.1, 0.15) is 6.54 Å². The molecule has 2 rings (SSSR count). The van der Waals surface area contributed by atoms with Crippen LogP contribution in [0.15, 0.2) is 51.9 Å². The number of carbonyl (C=O) groups excluding carboxylic acids is 1. The van der Waals surface area contributed by atoms with Gasteiger partial charge in [-0.3, -0.25) is 24.3 Å². The summed E-state index contributed by atoms with van der Waals surface area (Å²) in [5.41, 5.74) is 0.183. The van der Waals surface area contributed by atoms with Crippen molar-refractivity contribution in [1.29, 1.82) is 0 Å². The number of aromatic nitrogens is 1. The van der Waals surface area contributed by atoms with E-state index in [0.29, 0.717) is 0 Å². The second kappa shape index (κ2) is 7.19. The van der Waals surface area contributed by atoms with Gasteiger partial charge in [-0.2, -0.15) is 0 Å². The van der Waals surface area contributed by atoms with Crippen LogP contribution < -0.4 is 10.9 Å². The minimum atomic E-state index is -0.614. The Kier molecular flexibility index (Phi) is 5.28. The molecule has 2 aromatic rings. The third-order valence-corrected chi connectivity index (χ3v) is 3.96. The Labute approximate surface area is 140 Å². The molecule has 1 N–H and O–H groups in total. The zero-order valence-electron chi connectivity index (χ0n) is 12.2. The molecule has 0 aliphatic rings. The number of amides is 1. The molecule has 120 valence electrons. The Morgan fingerprint density at radius 1 is 1.35 bits per heavy atom. The molecule has 0 saturated carbocycles. The lowest BCUT2D eigenvalue weighted by Gasteiger charge is -2.16. The van der Waals surface area contributed by atoms with Crippen LogP contribution in [0.4, 0.5) is 5.69 Å². The molecular weight excluding hydrogens is 366 g/mol. The molecule has 0 unspecified atom stereocenters. The van der Waals surface area contributed by atoms with Gasteiger partial charge in [-0.1, -0.05) is 34.1 Å². The maximum absolute atomic E-state index is 12.1. The second-order valence-corrected chi connectivity index (χ2v) is 5.78. The zero-order chi connectivity index (χ0) is 17.0. The number of halogens is 1. The zero-order valence-corrected chi connectivity index (χ0v) is 13.8. The lowest BCUT2D eigenvalue weighted by atomic mass is 10.1. The molecule has 1 atom stereocenters. The standard InChI is InChI=1S/C15H14BrN3O4/c1-10(12-4-2-3-5-13(12)16)17-14(20)9-18-8-11(19(22)23)6-7-15(18)21/h2-8,10H,9H2,1H3,(H,17,20)/t10-/m0/s1. The minimum Gasteiger partial charge on any atom is -0.348 e. The normalized spacial score (nSPS) is 11.7. The molecule has 0 aliphatic carbocycles. The van der Waals surface area contributed by atoms with Gasteiger partial charge in [0.25, 0.3) is 11.2 Å². The van der Waals surface area contributed by atoms with Crippen molar-refractivity contribution in [2.75, 3.05) is 0 Å². The van der Waals surface area contributed by atoms with Crippen LogP contribution in [0.25, 0.3) is 0 Å². The predicted molar refractivity (Wildman–Crippen MR) is 88.1 cm³/mol. The summed E-state index contributed by atoms with van der Waals surface area (Å²) in [4.78, 5) is 33.9. The molecule has 0 spiro atoms. The van der Waals surface area contributed by atoms with Crippen molar-refractivity contribution >= 4 is 27.5 Å². The van der Waals surface area contributed by atoms with E-state index < -0.39 is 16.4 Å². The molecule has 7 nitrogen and oxygen atoms in total. The lowest BCUT2D eigenvalue weighted by Crippen LogP contribution is -2.33. The van der Waals surface area contributed by atoms with Gasteiger partial charge in [0, 0.05) is 16.6 Å². The minimum absolute atomic E-state index is 0.240. The number of nitro groups is 1. The van der Waals surface area contributed by atoms with Gasteiger partial charge in [0.15, 0.2) is 0 Å². The van der Waals surface area contributed by atoms with E-state index in [1.165, 1.54) is 0 Å². The van der Waals surface area contributed by atoms with Crippen molar-refractivity contribution < 1.29 is 9.72 Å². The van der Waals surface area contributed by atoms with E-state index in [0.717, 1.165) is 32.9 Å². The van der Waals surface area contributed by atoms with Gasteiger partial charge in [0.05, 0.1) is 17.2 Å². The van der Waals surface area contributed by atoms with Gasteiger partial charge >= 0.3 is 0 Å². The smallest absolute Gasteiger partial charge is 0.285 e. The number of hydrogen-bond acceptors (Lipinski definition) is 4. The summed E-state index contributed by atoms with van der Waals surface area (Å²) in [5.74, 6) is -0.407. The Bertz CT molecular complexity index is 803. The molecule has 0 bridgehead atoms. The summed E-state index contributed by atoms with van der Waals surface area (Å²) < 4.78 is 1.88. The number of pyridine rings is 1. The van der Waals surface area contributed by atoms with Gasteiger partial charge in [-0.15, -0.1) is 0 Å². The van der Waals surface area contributed by atoms with E-state index in [2.05, 4.69) is 21.2 Å². The van der Waals surface area contributed by atoms with E-state index in [1.807, 2.05) is 31.2 Å². The average Bonchev–Trinajstić information content (AvgIpc) is 2.49. The van der Waals surface area contributed by atoms with Crippen LogP contribution in [0.5, 0.6) is 0 Å². The third kappa shape index (κ3) is 4.26. The first-order valence-corrected chi connectivity index (χ1v) is 7.56. The summed E-state index contributed by atoms with van der Waals surface area (Å²) in [7, 11) is 0. The molecule has 8 heteroatoms. The van der Waals surface area contributed by atoms with Gasteiger partial charge in [-0.25, -0.2) is 0 Å². The van der Waals surface area contributed by atoms with Crippen molar-refractivity contribution in [3.05, 3.63) is 73.1 Å². The van der Waals surface area contributed by atoms with Gasteiger partial charge < -0.3 is 5.32 Å². The maximum Gasteiger partial charge on any atom is 0.285 e. The Morgan fingerprint density at radius 2 is 2.04 bits per heavy atom. The first kappa shape index (κ1) is 16.9. The summed E-state index contributed by atoms with van der Waals surface area (Å²) in [6.07, 6.45) is 1.06. The van der Waals surface area contributed by atoms with Gasteiger partial charge in [0.2, 0.25) is 5.91 Å². The van der Waals surface area contributed by atoms with E-state index in [9.17, 15) is 19.7 Å². The van der Waals surface area contributed by atoms with E-state index in [-0.39, 0.29) is 18.3 Å². The predicted octanol–water partition coefficient (Wildman–Crippen LogP) is 2.40. The lowest BCUT2D eigenvalue weighted by molar-refractivity contribution is -0.385. The van der Waals surface area contributed by atoms with Crippen molar-refractivity contribution in [2.24, 2.45) is 0 Å². The molecule has 1 aromatic heterocycles. The first-order chi connectivity index (χ1) is 10.9. The van der Waals surface area contributed by atoms with Crippen LogP contribution in [-0.2, 0) is 11.3 Å². The molecule has 1 aromatic carbocycles. The summed E-state index contributed by atoms with van der Waals surface area (Å²) in [6, 6.07) is 9.37. The number of nitrogens with zero attached hydrogens (tertiary/aromatic N) is 2. The highest BCUT2D eigenvalue weighted by Gasteiger charge is 2.14. The fourth-order valence-corrected chi connectivity index (χ4v) is 2.72. The van der Waals surface area contributed by atoms with Crippen LogP contribution in [0.1, 0.15) is 18.5 Å². The number of rotatable bonds is 5. The van der Waals surface area contributed by atoms with Crippen LogP contribution in [0.2, 0.25) is 0 Å². The van der Waals surface area contributed by atoms with Crippen molar-refractivity contribution in [3.8, 4) is 0 Å². The molecule has 23 heavy (non-hydrogen) atoms. The molecule has 0 aliphatic heterocycles. The Morgan fingerprint density at radius 3 is 2.70 bits per heavy atom. The molecule has 0 radical (unpaired) electrons. The second-order valence-electron chi connectivity index (χ2n) is 4.92. The topological polar surface area (TPSA) is 94.2 Å². The summed E-state index contributed by atoms with van der Waals surface area (Å²) in [6.45, 7) is 1.53. The highest BCUT2D eigenvalue weighted by molar-refractivity contribution is 9.10. The van der Waals surface area contributed by atoms with Gasteiger partial charge in [-0.05, 0) is 18.6 Å². The van der Waals surface area contributed by atoms with Crippen LogP contribution in [-0.4, -0.2) is 15.4 Å². The van der Waals surface area contributed by atoms with Crippen LogP contribution in [0, 0.1) is 10.1 Å². The number of carbonyl (C=O) groups is 1. The average molecular weight is 380 g/mol. The van der Waals surface area contributed by atoms with E-state index >= 15 is 0 Å². The Hall–Kier alpha value is -2.48. The highest BCUT2D eigenvalue weighted by Crippen LogP contribution is 2.22. The van der Waals surface area contributed by atoms with Crippen molar-refractivity contribution in [3.63, 3.8) is 0 Å². The quantitative estimate of drug-likeness (QED) is 0.637. The fourth-order valence-electron chi connectivity index (χ4n) is 2.10. The first-order valence-electron chi connectivity index (χ1n) is 6.77. The van der Waals surface area contributed by atoms with Crippen molar-refractivity contribution in [2.45, 2.75) is 19.5 Å². The highest BCUT2D eigenvalue weighted by atomic mass is 79.9. The van der Waals surface area contributed by atoms with Crippen molar-refractivity contribution in [1.82, 2.24) is 9.88 Å². The number of benzene rings is 1. The van der Waals surface area contributed by atoms with Crippen LogP contribution in [0.3, 0.4) is 0 Å². The maximum atomic E-state index is 12.1. The monoisotopic (exact) mass is 379 g/mol. The molecule has 0 fully saturated rings. The van der Waals surface area contributed by atoms with E-state index in [1.54, 1.807) is 0 Å². The third-order valence-electron chi connectivity index (χ3n) is 3.24. The van der Waals surface area contributed by atoms with Crippen LogP contribution >= 0.6 is 15.9 Å². The Balaban J connectivity index is 2.11. The SMILES string of the molecule is C[C@H](NC(=O)Cn1cc([N+](=O)[O-])ccc1=O)c1ccccc1Br. The summed E-state index contributed by atoms with van der Waals surface area (Å²) >= 11 is 3.41. The fraction of sp³-hybridized carbons (Fsp3) is 0.200.